The molecule has 2 heterocycles. The second-order valence-electron chi connectivity index (χ2n) is 4.37. The largest absolute Gasteiger partial charge is 0.497 e. The zero-order valence-electron chi connectivity index (χ0n) is 11.2. The van der Waals surface area contributed by atoms with Gasteiger partial charge in [-0.2, -0.15) is 0 Å². The number of nitrogens with zero attached hydrogens (tertiary/aromatic N) is 2. The van der Waals surface area contributed by atoms with Crippen LogP contribution in [0.2, 0.25) is 0 Å². The first-order valence-corrected chi connectivity index (χ1v) is 6.91. The van der Waals surface area contributed by atoms with Gasteiger partial charge >= 0.3 is 0 Å². The maximum absolute atomic E-state index is 6.00. The van der Waals surface area contributed by atoms with Gasteiger partial charge in [-0.25, -0.2) is 9.97 Å². The van der Waals surface area contributed by atoms with Gasteiger partial charge in [-0.05, 0) is 36.8 Å². The predicted molar refractivity (Wildman–Crippen MR) is 82.8 cm³/mol. The van der Waals surface area contributed by atoms with Crippen LogP contribution in [0.25, 0.3) is 10.2 Å². The van der Waals surface area contributed by atoms with Gasteiger partial charge in [0.05, 0.1) is 23.0 Å². The summed E-state index contributed by atoms with van der Waals surface area (Å²) in [6.07, 6.45) is 1.73. The summed E-state index contributed by atoms with van der Waals surface area (Å²) in [6, 6.07) is 7.67. The second-order valence-corrected chi connectivity index (χ2v) is 5.40. The van der Waals surface area contributed by atoms with Gasteiger partial charge in [0.2, 0.25) is 0 Å². The van der Waals surface area contributed by atoms with Gasteiger partial charge in [0.15, 0.2) is 10.9 Å². The van der Waals surface area contributed by atoms with E-state index in [4.69, 9.17) is 10.5 Å². The molecule has 0 amide bonds. The predicted octanol–water partition coefficient (Wildman–Crippen LogP) is 3.33. The fourth-order valence-corrected chi connectivity index (χ4v) is 2.75. The summed E-state index contributed by atoms with van der Waals surface area (Å²) >= 11 is 1.54. The first-order chi connectivity index (χ1) is 9.67. The van der Waals surface area contributed by atoms with E-state index in [1.807, 2.05) is 31.2 Å². The van der Waals surface area contributed by atoms with Crippen molar-refractivity contribution >= 4 is 38.2 Å². The van der Waals surface area contributed by atoms with Crippen LogP contribution in [0, 0.1) is 6.92 Å². The maximum Gasteiger partial charge on any atom is 0.189 e. The van der Waals surface area contributed by atoms with Crippen molar-refractivity contribution in [2.45, 2.75) is 6.92 Å². The van der Waals surface area contributed by atoms with Crippen molar-refractivity contribution < 1.29 is 4.74 Å². The van der Waals surface area contributed by atoms with Crippen molar-refractivity contribution in [1.82, 2.24) is 9.97 Å². The van der Waals surface area contributed by atoms with E-state index in [-0.39, 0.29) is 0 Å². The molecule has 0 saturated carbocycles. The molecule has 1 aromatic carbocycles. The highest BCUT2D eigenvalue weighted by Gasteiger charge is 2.08. The number of aryl methyl sites for hydroxylation is 1. The Balaban J connectivity index is 1.96. The highest BCUT2D eigenvalue weighted by molar-refractivity contribution is 7.22. The maximum atomic E-state index is 6.00. The quantitative estimate of drug-likeness (QED) is 0.772. The monoisotopic (exact) mass is 286 g/mol. The van der Waals surface area contributed by atoms with E-state index in [1.165, 1.54) is 11.3 Å². The molecule has 3 aromatic rings. The molecular formula is C14H14N4OS. The lowest BCUT2D eigenvalue weighted by Gasteiger charge is -2.06. The van der Waals surface area contributed by atoms with Crippen LogP contribution in [0.3, 0.4) is 0 Å². The van der Waals surface area contributed by atoms with E-state index in [0.29, 0.717) is 11.5 Å². The van der Waals surface area contributed by atoms with Gasteiger partial charge in [0, 0.05) is 6.20 Å². The number of methoxy groups -OCH3 is 1. The molecule has 20 heavy (non-hydrogen) atoms. The molecule has 3 rings (SSSR count). The van der Waals surface area contributed by atoms with Crippen LogP contribution in [0.1, 0.15) is 5.56 Å². The van der Waals surface area contributed by atoms with Crippen molar-refractivity contribution in [3.8, 4) is 5.75 Å². The third kappa shape index (κ3) is 2.25. The minimum absolute atomic E-state index is 0.635. The lowest BCUT2D eigenvalue weighted by atomic mass is 10.2. The molecule has 0 aliphatic carbocycles. The normalized spacial score (nSPS) is 10.7. The van der Waals surface area contributed by atoms with E-state index in [2.05, 4.69) is 15.3 Å². The number of hydrogen-bond donors (Lipinski definition) is 2. The standard InChI is InChI=1S/C14H14N4OS/c1-8-5-6-16-13(12(8)15)18-14-17-10-4-3-9(19-2)7-11(10)20-14/h3-7H,15H2,1-2H3,(H,16,17,18). The zero-order valence-corrected chi connectivity index (χ0v) is 12.0. The molecule has 5 nitrogen and oxygen atoms in total. The van der Waals surface area contributed by atoms with Gasteiger partial charge in [-0.15, -0.1) is 0 Å². The Kier molecular flexibility index (Phi) is 3.15. The van der Waals surface area contributed by atoms with Gasteiger partial charge in [-0.3, -0.25) is 0 Å². The van der Waals surface area contributed by atoms with Crippen molar-refractivity contribution in [3.05, 3.63) is 36.0 Å². The number of anilines is 3. The minimum atomic E-state index is 0.635. The molecule has 2 aromatic heterocycles. The Bertz CT molecular complexity index is 769. The first kappa shape index (κ1) is 12.7. The number of nitrogens with two attached hydrogens (primary N) is 1. The number of ether oxygens (including phenoxy) is 1. The Labute approximate surface area is 120 Å². The number of pyridine rings is 1. The highest BCUT2D eigenvalue weighted by atomic mass is 32.1. The van der Waals surface area contributed by atoms with Gasteiger partial charge in [0.1, 0.15) is 5.75 Å². The smallest absolute Gasteiger partial charge is 0.189 e. The number of nitrogens with one attached hydrogen (secondary N) is 1. The van der Waals surface area contributed by atoms with Gasteiger partial charge in [-0.1, -0.05) is 11.3 Å². The molecule has 3 N–H and O–H groups in total. The molecule has 0 atom stereocenters. The number of benzene rings is 1. The summed E-state index contributed by atoms with van der Waals surface area (Å²) in [5, 5.41) is 3.93. The van der Waals surface area contributed by atoms with Gasteiger partial charge < -0.3 is 15.8 Å². The average Bonchev–Trinajstić information content (AvgIpc) is 2.85. The van der Waals surface area contributed by atoms with Crippen molar-refractivity contribution in [2.24, 2.45) is 0 Å². The first-order valence-electron chi connectivity index (χ1n) is 6.10. The van der Waals surface area contributed by atoms with Crippen LogP contribution in [0.15, 0.2) is 30.5 Å². The summed E-state index contributed by atoms with van der Waals surface area (Å²) in [7, 11) is 1.65. The summed E-state index contributed by atoms with van der Waals surface area (Å²) < 4.78 is 6.26. The lowest BCUT2D eigenvalue weighted by molar-refractivity contribution is 0.415. The Morgan fingerprint density at radius 2 is 2.15 bits per heavy atom. The fourth-order valence-electron chi connectivity index (χ4n) is 1.86. The zero-order chi connectivity index (χ0) is 14.1. The van der Waals surface area contributed by atoms with Crippen LogP contribution in [0.4, 0.5) is 16.6 Å². The molecular weight excluding hydrogens is 272 g/mol. The molecule has 0 radical (unpaired) electrons. The summed E-state index contributed by atoms with van der Waals surface area (Å²) in [5.41, 5.74) is 8.56. The molecule has 0 unspecified atom stereocenters. The minimum Gasteiger partial charge on any atom is -0.497 e. The second kappa shape index (κ2) is 4.97. The third-order valence-corrected chi connectivity index (χ3v) is 3.96. The SMILES string of the molecule is COc1ccc2nc(Nc3nccc(C)c3N)sc2c1. The van der Waals surface area contributed by atoms with Crippen LogP contribution in [-0.2, 0) is 0 Å². The Morgan fingerprint density at radius 3 is 2.95 bits per heavy atom. The Hall–Kier alpha value is -2.34. The van der Waals surface area contributed by atoms with E-state index < -0.39 is 0 Å². The Morgan fingerprint density at radius 1 is 1.30 bits per heavy atom. The average molecular weight is 286 g/mol. The van der Waals surface area contributed by atoms with Crippen molar-refractivity contribution in [2.75, 3.05) is 18.2 Å². The molecule has 6 heteroatoms. The summed E-state index contributed by atoms with van der Waals surface area (Å²) in [6.45, 7) is 1.95. The van der Waals surface area contributed by atoms with Crippen LogP contribution in [-0.4, -0.2) is 17.1 Å². The van der Waals surface area contributed by atoms with E-state index in [9.17, 15) is 0 Å². The lowest BCUT2D eigenvalue weighted by Crippen LogP contribution is -2.00. The summed E-state index contributed by atoms with van der Waals surface area (Å²) in [5.74, 6) is 1.46. The van der Waals surface area contributed by atoms with E-state index in [1.54, 1.807) is 13.3 Å². The van der Waals surface area contributed by atoms with Crippen molar-refractivity contribution in [1.29, 1.82) is 0 Å². The third-order valence-electron chi connectivity index (χ3n) is 3.03. The van der Waals surface area contributed by atoms with Crippen LogP contribution in [0.5, 0.6) is 5.75 Å². The number of aromatic nitrogens is 2. The number of hydrogen-bond acceptors (Lipinski definition) is 6. The van der Waals surface area contributed by atoms with Crippen LogP contribution >= 0.6 is 11.3 Å². The van der Waals surface area contributed by atoms with Crippen molar-refractivity contribution in [3.63, 3.8) is 0 Å². The number of thiazole rings is 1. The molecule has 102 valence electrons. The molecule has 0 aliphatic heterocycles. The molecule has 0 saturated heterocycles. The van der Waals surface area contributed by atoms with E-state index in [0.717, 1.165) is 26.7 Å². The summed E-state index contributed by atoms with van der Waals surface area (Å²) in [4.78, 5) is 8.75. The topological polar surface area (TPSA) is 73.1 Å². The number of rotatable bonds is 3. The molecule has 0 bridgehead atoms. The number of nitrogen functional groups attached to an aromatic ring is 1. The van der Waals surface area contributed by atoms with Gasteiger partial charge in [0.25, 0.3) is 0 Å². The van der Waals surface area contributed by atoms with Crippen LogP contribution < -0.4 is 15.8 Å². The molecule has 0 fully saturated rings. The molecule has 0 spiro atoms. The fraction of sp³-hybridized carbons (Fsp3) is 0.143. The highest BCUT2D eigenvalue weighted by Crippen LogP contribution is 2.32. The number of fused-ring (bicyclic) bond motifs is 1. The van der Waals surface area contributed by atoms with E-state index >= 15 is 0 Å². The molecule has 0 aliphatic rings.